The molecular weight excluding hydrogens is 655 g/mol. The first-order valence-electron chi connectivity index (χ1n) is 18.8. The summed E-state index contributed by atoms with van der Waals surface area (Å²) >= 11 is 0. The first kappa shape index (κ1) is 40.9. The standard InChI is InChI=1S/C24H20B.C18H33P.C3H5.H3N.Ni/c1-5-13-21(14-6-1)25(22-15-7-2-8-16-22,23-17-9-3-10-18-23)24-19-11-4-12-20-24;1-4-10-16(11-5-1)19(17-12-6-2-7-13-17)18-14-8-3-9-15-18;1-3-2;;/h1-20H;16-18H,1-15H2;3H,1-2H2;1H3;/q-1;;-1;;+2. The Morgan fingerprint density at radius 2 is 0.653 bits per heavy atom. The summed E-state index contributed by atoms with van der Waals surface area (Å²) in [7, 11) is 0.385. The second-order valence-corrected chi connectivity index (χ2v) is 17.2. The third-order valence-electron chi connectivity index (χ3n) is 11.2. The molecule has 264 valence electrons. The first-order chi connectivity index (χ1) is 23.3. The Morgan fingerprint density at radius 1 is 0.449 bits per heavy atom. The van der Waals surface area contributed by atoms with Crippen LogP contribution in [0.25, 0.3) is 0 Å². The van der Waals surface area contributed by atoms with Gasteiger partial charge in [0.25, 0.3) is 0 Å². The van der Waals surface area contributed by atoms with Gasteiger partial charge in [-0.2, -0.15) is 21.9 Å². The number of allylic oxidation sites excluding steroid dienone is 1. The molecule has 3 aliphatic rings. The van der Waals surface area contributed by atoms with E-state index < -0.39 is 6.15 Å². The van der Waals surface area contributed by atoms with Gasteiger partial charge in [-0.1, -0.05) is 187 Å². The van der Waals surface area contributed by atoms with Crippen molar-refractivity contribution in [3.8, 4) is 0 Å². The van der Waals surface area contributed by atoms with Crippen molar-refractivity contribution in [2.75, 3.05) is 0 Å². The molecule has 0 saturated heterocycles. The van der Waals surface area contributed by atoms with Crippen molar-refractivity contribution >= 4 is 35.9 Å². The molecule has 3 N–H and O–H groups in total. The van der Waals surface area contributed by atoms with E-state index in [1.54, 1.807) is 77.0 Å². The Morgan fingerprint density at radius 3 is 0.857 bits per heavy atom. The van der Waals surface area contributed by atoms with E-state index in [1.165, 1.54) is 64.2 Å². The maximum absolute atomic E-state index is 3.25. The zero-order chi connectivity index (χ0) is 32.6. The van der Waals surface area contributed by atoms with Gasteiger partial charge in [-0.05, 0) is 55.5 Å². The van der Waals surface area contributed by atoms with Gasteiger partial charge >= 0.3 is 16.5 Å². The molecule has 3 fully saturated rings. The molecule has 0 unspecified atom stereocenters. The zero-order valence-corrected chi connectivity index (χ0v) is 31.8. The third-order valence-corrected chi connectivity index (χ3v) is 15.3. The summed E-state index contributed by atoms with van der Waals surface area (Å²) in [6.07, 6.45) is 23.9. The molecule has 3 aliphatic carbocycles. The van der Waals surface area contributed by atoms with Crippen LogP contribution >= 0.6 is 7.92 Å². The van der Waals surface area contributed by atoms with Crippen molar-refractivity contribution in [2.24, 2.45) is 0 Å². The molecule has 0 bridgehead atoms. The van der Waals surface area contributed by atoms with Gasteiger partial charge in [0.2, 0.25) is 0 Å². The third kappa shape index (κ3) is 10.7. The predicted molar refractivity (Wildman–Crippen MR) is 218 cm³/mol. The van der Waals surface area contributed by atoms with Crippen molar-refractivity contribution in [2.45, 2.75) is 113 Å². The van der Waals surface area contributed by atoms with Crippen molar-refractivity contribution < 1.29 is 16.5 Å². The zero-order valence-electron chi connectivity index (χ0n) is 29.9. The normalized spacial score (nSPS) is 17.2. The van der Waals surface area contributed by atoms with E-state index in [9.17, 15) is 0 Å². The SMILES string of the molecule is C1CCC(P(C2CCCCC2)C2CCCCC2)CC1.C=C[CH2-].N.[Ni+2].c1ccc([B-](c2ccccc2)(c2ccccc2)c2ccccc2)cc1. The summed E-state index contributed by atoms with van der Waals surface area (Å²) in [6.45, 7) is 6.50. The van der Waals surface area contributed by atoms with Crippen LogP contribution < -0.4 is 28.0 Å². The van der Waals surface area contributed by atoms with Crippen LogP contribution in [0.4, 0.5) is 0 Å². The van der Waals surface area contributed by atoms with Crippen molar-refractivity contribution in [1.29, 1.82) is 0 Å². The number of rotatable bonds is 7. The van der Waals surface area contributed by atoms with Crippen LogP contribution in [0.3, 0.4) is 0 Å². The second kappa shape index (κ2) is 22.3. The van der Waals surface area contributed by atoms with Gasteiger partial charge in [0.15, 0.2) is 0 Å². The van der Waals surface area contributed by atoms with Crippen LogP contribution in [0.1, 0.15) is 96.3 Å². The van der Waals surface area contributed by atoms with E-state index in [4.69, 9.17) is 0 Å². The molecule has 0 radical (unpaired) electrons. The summed E-state index contributed by atoms with van der Waals surface area (Å²) in [5, 5.41) is 0. The fourth-order valence-corrected chi connectivity index (χ4v) is 13.8. The summed E-state index contributed by atoms with van der Waals surface area (Å²) in [5.41, 5.74) is 8.93. The average Bonchev–Trinajstić information content (AvgIpc) is 3.16. The Bertz CT molecular complexity index is 1190. The largest absolute Gasteiger partial charge is 2.00 e. The Balaban J connectivity index is 0.000000244. The molecule has 0 aromatic heterocycles. The minimum absolute atomic E-state index is 0. The smallest absolute Gasteiger partial charge is 0.344 e. The Labute approximate surface area is 311 Å². The van der Waals surface area contributed by atoms with E-state index in [1.807, 2.05) is 0 Å². The summed E-state index contributed by atoms with van der Waals surface area (Å²) in [5.74, 6) is 0. The Hall–Kier alpha value is -2.56. The molecule has 0 atom stereocenters. The van der Waals surface area contributed by atoms with Crippen molar-refractivity contribution in [3.63, 3.8) is 0 Å². The van der Waals surface area contributed by atoms with Gasteiger partial charge in [0, 0.05) is 0 Å². The molecule has 49 heavy (non-hydrogen) atoms. The van der Waals surface area contributed by atoms with Crippen LogP contribution in [0.5, 0.6) is 0 Å². The number of benzene rings is 4. The number of hydrogen-bond acceptors (Lipinski definition) is 1. The van der Waals surface area contributed by atoms with Gasteiger partial charge in [0.05, 0.1) is 0 Å². The van der Waals surface area contributed by atoms with Gasteiger partial charge in [-0.25, -0.2) is 19.6 Å². The van der Waals surface area contributed by atoms with E-state index >= 15 is 0 Å². The molecule has 0 heterocycles. The maximum Gasteiger partial charge on any atom is 2.00 e. The van der Waals surface area contributed by atoms with Gasteiger partial charge in [0.1, 0.15) is 6.15 Å². The minimum atomic E-state index is -1.22. The summed E-state index contributed by atoms with van der Waals surface area (Å²) in [4.78, 5) is 0. The summed E-state index contributed by atoms with van der Waals surface area (Å²) in [6, 6.07) is 43.5. The summed E-state index contributed by atoms with van der Waals surface area (Å²) < 4.78 is 0. The van der Waals surface area contributed by atoms with Crippen LogP contribution in [0.2, 0.25) is 0 Å². The predicted octanol–water partition coefficient (Wildman–Crippen LogP) is 10.7. The number of hydrogen-bond donors (Lipinski definition) is 1. The Kier molecular flexibility index (Phi) is 18.6. The molecule has 0 spiro atoms. The van der Waals surface area contributed by atoms with Crippen LogP contribution in [0, 0.1) is 6.92 Å². The molecule has 4 heteroatoms. The quantitative estimate of drug-likeness (QED) is 0.115. The molecule has 3 saturated carbocycles. The van der Waals surface area contributed by atoms with Crippen LogP contribution in [-0.4, -0.2) is 23.1 Å². The molecule has 4 aromatic rings. The van der Waals surface area contributed by atoms with Gasteiger partial charge < -0.3 is 6.15 Å². The van der Waals surface area contributed by atoms with Crippen molar-refractivity contribution in [3.05, 3.63) is 141 Å². The maximum atomic E-state index is 3.25. The molecule has 4 aromatic carbocycles. The van der Waals surface area contributed by atoms with E-state index in [0.29, 0.717) is 7.92 Å². The average molecular weight is 716 g/mol. The first-order valence-corrected chi connectivity index (χ1v) is 20.4. The molecular formula is C45H61BNNiP. The molecule has 0 aliphatic heterocycles. The monoisotopic (exact) mass is 715 g/mol. The minimum Gasteiger partial charge on any atom is -0.344 e. The van der Waals surface area contributed by atoms with Crippen LogP contribution in [-0.2, 0) is 16.5 Å². The second-order valence-electron chi connectivity index (χ2n) is 14.1. The molecule has 7 rings (SSSR count). The van der Waals surface area contributed by atoms with Gasteiger partial charge in [-0.3, -0.25) is 0 Å². The fourth-order valence-electron chi connectivity index (χ4n) is 9.15. The van der Waals surface area contributed by atoms with E-state index in [2.05, 4.69) is 135 Å². The van der Waals surface area contributed by atoms with E-state index in [-0.39, 0.29) is 22.6 Å². The van der Waals surface area contributed by atoms with Crippen molar-refractivity contribution in [1.82, 2.24) is 6.15 Å². The fraction of sp³-hybridized carbons (Fsp3) is 0.400. The van der Waals surface area contributed by atoms with Gasteiger partial charge in [-0.15, -0.1) is 0 Å². The topological polar surface area (TPSA) is 35.0 Å². The van der Waals surface area contributed by atoms with Crippen LogP contribution in [0.15, 0.2) is 134 Å². The molecule has 1 nitrogen and oxygen atoms in total. The van der Waals surface area contributed by atoms with E-state index in [0.717, 1.165) is 0 Å². The molecule has 0 amide bonds.